The molecule has 0 aliphatic carbocycles. The van der Waals surface area contributed by atoms with Gasteiger partial charge in [0.25, 0.3) is 0 Å². The second-order valence-electron chi connectivity index (χ2n) is 8.65. The third-order valence-electron chi connectivity index (χ3n) is 6.07. The van der Waals surface area contributed by atoms with Crippen LogP contribution in [0.1, 0.15) is 11.1 Å². The Morgan fingerprint density at radius 3 is 2.76 bits per heavy atom. The summed E-state index contributed by atoms with van der Waals surface area (Å²) < 4.78 is 22.5. The van der Waals surface area contributed by atoms with Crippen molar-refractivity contribution in [1.29, 1.82) is 0 Å². The number of carbonyl (C=O) groups excluding carboxylic acids is 2. The fourth-order valence-corrected chi connectivity index (χ4v) is 4.67. The molecular formula is C23H24ClFN6O3. The van der Waals surface area contributed by atoms with Gasteiger partial charge in [-0.2, -0.15) is 5.10 Å². The van der Waals surface area contributed by atoms with Gasteiger partial charge in [-0.25, -0.2) is 13.9 Å². The number of likely N-dealkylation sites (N-methyl/N-ethyl adjacent to an activating group) is 1. The summed E-state index contributed by atoms with van der Waals surface area (Å²) in [5.74, 6) is -0.921. The second kappa shape index (κ2) is 9.38. The topological polar surface area (TPSA) is 92.1 Å². The fourth-order valence-electron chi connectivity index (χ4n) is 4.46. The zero-order valence-corrected chi connectivity index (χ0v) is 19.4. The normalized spacial score (nSPS) is 19.9. The predicted molar refractivity (Wildman–Crippen MR) is 123 cm³/mol. The maximum absolute atomic E-state index is 15.1. The van der Waals surface area contributed by atoms with Crippen LogP contribution in [0, 0.1) is 5.82 Å². The lowest BCUT2D eigenvalue weighted by Crippen LogP contribution is -2.52. The van der Waals surface area contributed by atoms with Crippen LogP contribution in [-0.2, 0) is 27.3 Å². The smallest absolute Gasteiger partial charge is 0.243 e. The molecule has 0 bridgehead atoms. The summed E-state index contributed by atoms with van der Waals surface area (Å²) in [5.41, 5.74) is 2.88. The Labute approximate surface area is 200 Å². The number of ether oxygens (including phenoxy) is 1. The molecule has 2 aliphatic rings. The molecule has 0 saturated carbocycles. The SMILES string of the molecule is CN1CC(=O)N(Cc2cc3c(-c4cc(Cl)cc(F)c4CC4CNCCO4)ncnn3c2)C(=O)C1. The molecule has 2 aromatic heterocycles. The minimum atomic E-state index is -0.422. The van der Waals surface area contributed by atoms with Crippen molar-refractivity contribution in [3.63, 3.8) is 0 Å². The summed E-state index contributed by atoms with van der Waals surface area (Å²) in [7, 11) is 1.73. The first kappa shape index (κ1) is 22.9. The molecule has 178 valence electrons. The Kier molecular flexibility index (Phi) is 6.30. The molecule has 9 nitrogen and oxygen atoms in total. The lowest BCUT2D eigenvalue weighted by Gasteiger charge is -2.29. The Balaban J connectivity index is 1.52. The standard InChI is InChI=1S/C23H24ClFN6O3/c1-29-11-21(32)30(22(33)12-29)9-14-4-20-23(27-13-28-31(20)10-14)18-5-15(24)6-19(25)17(18)7-16-8-26-2-3-34-16/h4-6,10,13,16,26H,2-3,7-9,11-12H2,1H3. The molecular weight excluding hydrogens is 463 g/mol. The molecule has 3 aromatic rings. The monoisotopic (exact) mass is 486 g/mol. The molecule has 1 unspecified atom stereocenters. The van der Waals surface area contributed by atoms with E-state index in [-0.39, 0.29) is 42.6 Å². The Bertz CT molecular complexity index is 1240. The van der Waals surface area contributed by atoms with Gasteiger partial charge in [0.15, 0.2) is 0 Å². The number of amides is 2. The van der Waals surface area contributed by atoms with Crippen LogP contribution in [0.5, 0.6) is 0 Å². The zero-order valence-electron chi connectivity index (χ0n) is 18.6. The Morgan fingerprint density at radius 2 is 2.03 bits per heavy atom. The van der Waals surface area contributed by atoms with Crippen LogP contribution >= 0.6 is 11.6 Å². The van der Waals surface area contributed by atoms with Gasteiger partial charge >= 0.3 is 0 Å². The quantitative estimate of drug-likeness (QED) is 0.547. The minimum absolute atomic E-state index is 0.132. The number of rotatable bonds is 5. The Morgan fingerprint density at radius 1 is 1.24 bits per heavy atom. The maximum atomic E-state index is 15.1. The van der Waals surface area contributed by atoms with Gasteiger partial charge in [0, 0.05) is 41.9 Å². The first-order valence-corrected chi connectivity index (χ1v) is 11.4. The summed E-state index contributed by atoms with van der Waals surface area (Å²) >= 11 is 6.22. The molecule has 2 amide bonds. The highest BCUT2D eigenvalue weighted by molar-refractivity contribution is 6.31. The summed E-state index contributed by atoms with van der Waals surface area (Å²) in [6.45, 7) is 2.47. The number of morpholine rings is 1. The second-order valence-corrected chi connectivity index (χ2v) is 9.08. The van der Waals surface area contributed by atoms with E-state index in [2.05, 4.69) is 15.4 Å². The lowest BCUT2D eigenvalue weighted by molar-refractivity contribution is -0.151. The van der Waals surface area contributed by atoms with Crippen LogP contribution in [-0.4, -0.2) is 82.1 Å². The number of hydrogen-bond acceptors (Lipinski definition) is 7. The van der Waals surface area contributed by atoms with Crippen LogP contribution in [0.3, 0.4) is 0 Å². The fraction of sp³-hybridized carbons (Fsp3) is 0.391. The Hall–Kier alpha value is -2.92. The van der Waals surface area contributed by atoms with E-state index in [0.29, 0.717) is 41.9 Å². The summed E-state index contributed by atoms with van der Waals surface area (Å²) in [5, 5.41) is 7.79. The van der Waals surface area contributed by atoms with Gasteiger partial charge in [0.1, 0.15) is 12.1 Å². The zero-order chi connectivity index (χ0) is 23.8. The van der Waals surface area contributed by atoms with Gasteiger partial charge in [-0.3, -0.25) is 19.4 Å². The van der Waals surface area contributed by atoms with Crippen molar-refractivity contribution in [2.24, 2.45) is 0 Å². The molecule has 34 heavy (non-hydrogen) atoms. The van der Waals surface area contributed by atoms with E-state index in [1.807, 2.05) is 6.07 Å². The van der Waals surface area contributed by atoms with E-state index in [1.165, 1.54) is 17.3 Å². The molecule has 2 saturated heterocycles. The molecule has 0 spiro atoms. The average molecular weight is 487 g/mol. The third kappa shape index (κ3) is 4.54. The van der Waals surface area contributed by atoms with Crippen molar-refractivity contribution in [2.75, 3.05) is 39.8 Å². The number of nitrogens with zero attached hydrogens (tertiary/aromatic N) is 5. The van der Waals surface area contributed by atoms with Gasteiger partial charge in [-0.1, -0.05) is 11.6 Å². The van der Waals surface area contributed by atoms with E-state index >= 15 is 4.39 Å². The first-order chi connectivity index (χ1) is 16.4. The van der Waals surface area contributed by atoms with Crippen molar-refractivity contribution in [1.82, 2.24) is 29.7 Å². The van der Waals surface area contributed by atoms with Crippen LogP contribution < -0.4 is 5.32 Å². The van der Waals surface area contributed by atoms with Gasteiger partial charge in [0.05, 0.1) is 43.6 Å². The first-order valence-electron chi connectivity index (χ1n) is 11.0. The molecule has 5 rings (SSSR count). The van der Waals surface area contributed by atoms with Crippen molar-refractivity contribution in [2.45, 2.75) is 19.1 Å². The summed E-state index contributed by atoms with van der Waals surface area (Å²) in [4.78, 5) is 32.2. The molecule has 4 heterocycles. The number of nitrogens with one attached hydrogen (secondary N) is 1. The molecule has 0 radical (unpaired) electrons. The van der Waals surface area contributed by atoms with E-state index < -0.39 is 5.82 Å². The molecule has 2 fully saturated rings. The van der Waals surface area contributed by atoms with Crippen LogP contribution in [0.15, 0.2) is 30.7 Å². The number of imide groups is 1. The number of benzene rings is 1. The number of carbonyl (C=O) groups is 2. The van der Waals surface area contributed by atoms with Gasteiger partial charge in [-0.05, 0) is 30.8 Å². The highest BCUT2D eigenvalue weighted by Gasteiger charge is 2.29. The summed E-state index contributed by atoms with van der Waals surface area (Å²) in [6.07, 6.45) is 3.32. The number of aromatic nitrogens is 3. The number of halogens is 2. The summed E-state index contributed by atoms with van der Waals surface area (Å²) in [6, 6.07) is 4.80. The van der Waals surface area contributed by atoms with Crippen molar-refractivity contribution >= 4 is 28.9 Å². The highest BCUT2D eigenvalue weighted by Crippen LogP contribution is 2.32. The van der Waals surface area contributed by atoms with Crippen molar-refractivity contribution < 1.29 is 18.7 Å². The highest BCUT2D eigenvalue weighted by atomic mass is 35.5. The van der Waals surface area contributed by atoms with Crippen molar-refractivity contribution in [3.8, 4) is 11.3 Å². The number of fused-ring (bicyclic) bond motifs is 1. The number of piperazine rings is 1. The minimum Gasteiger partial charge on any atom is -0.375 e. The van der Waals surface area contributed by atoms with Crippen LogP contribution in [0.2, 0.25) is 5.02 Å². The van der Waals surface area contributed by atoms with Crippen molar-refractivity contribution in [3.05, 3.63) is 52.7 Å². The largest absolute Gasteiger partial charge is 0.375 e. The predicted octanol–water partition coefficient (Wildman–Crippen LogP) is 1.52. The van der Waals surface area contributed by atoms with E-state index in [4.69, 9.17) is 16.3 Å². The van der Waals surface area contributed by atoms with Crippen LogP contribution in [0.25, 0.3) is 16.8 Å². The molecule has 1 aromatic carbocycles. The number of hydrogen-bond donors (Lipinski definition) is 1. The van der Waals surface area contributed by atoms with Gasteiger partial charge in [-0.15, -0.1) is 0 Å². The molecule has 1 atom stereocenters. The van der Waals surface area contributed by atoms with Gasteiger partial charge in [0.2, 0.25) is 11.8 Å². The van der Waals surface area contributed by atoms with E-state index in [9.17, 15) is 9.59 Å². The average Bonchev–Trinajstić information content (AvgIpc) is 3.21. The van der Waals surface area contributed by atoms with E-state index in [0.717, 1.165) is 12.1 Å². The molecule has 2 aliphatic heterocycles. The van der Waals surface area contributed by atoms with Crippen LogP contribution in [0.4, 0.5) is 4.39 Å². The third-order valence-corrected chi connectivity index (χ3v) is 6.29. The molecule has 1 N–H and O–H groups in total. The lowest BCUT2D eigenvalue weighted by atomic mass is 9.97. The maximum Gasteiger partial charge on any atom is 0.243 e. The molecule has 11 heteroatoms. The van der Waals surface area contributed by atoms with Gasteiger partial charge < -0.3 is 10.1 Å². The van der Waals surface area contributed by atoms with E-state index in [1.54, 1.807) is 28.7 Å².